The zero-order valence-electron chi connectivity index (χ0n) is 13.8. The van der Waals surface area contributed by atoms with Crippen LogP contribution in [0.15, 0.2) is 48.5 Å². The molecule has 0 heterocycles. The Morgan fingerprint density at radius 1 is 0.960 bits per heavy atom. The molecule has 2 rings (SSSR count). The van der Waals surface area contributed by atoms with E-state index in [1.807, 2.05) is 0 Å². The number of ketones is 1. The molecule has 0 aliphatic rings. The number of benzene rings is 2. The minimum absolute atomic E-state index is 0.0474. The molecule has 0 saturated carbocycles. The fourth-order valence-corrected chi connectivity index (χ4v) is 2.14. The number of phenolic OH excluding ortho intramolecular Hbond substituents is 1. The summed E-state index contributed by atoms with van der Waals surface area (Å²) in [5.74, 6) is -0.964. The van der Waals surface area contributed by atoms with Crippen LogP contribution in [0.4, 0.5) is 0 Å². The number of ether oxygens (including phenoxy) is 1. The summed E-state index contributed by atoms with van der Waals surface area (Å²) in [6.07, 6.45) is 0.671. The summed E-state index contributed by atoms with van der Waals surface area (Å²) < 4.78 is 4.99. The van der Waals surface area contributed by atoms with Crippen molar-refractivity contribution in [3.63, 3.8) is 0 Å². The number of esters is 1. The average Bonchev–Trinajstić information content (AvgIpc) is 2.60. The molecule has 0 spiro atoms. The number of aromatic hydroxyl groups is 1. The Morgan fingerprint density at radius 2 is 1.56 bits per heavy atom. The quantitative estimate of drug-likeness (QED) is 0.594. The number of amides is 1. The van der Waals surface area contributed by atoms with Crippen LogP contribution in [0, 0.1) is 0 Å². The third-order valence-corrected chi connectivity index (χ3v) is 3.50. The predicted octanol–water partition coefficient (Wildman–Crippen LogP) is 2.11. The van der Waals surface area contributed by atoms with Gasteiger partial charge in [-0.25, -0.2) is 4.79 Å². The lowest BCUT2D eigenvalue weighted by atomic mass is 10.1. The monoisotopic (exact) mass is 341 g/mol. The van der Waals surface area contributed by atoms with Gasteiger partial charge in [-0.2, -0.15) is 0 Å². The number of Topliss-reactive ketones (excluding diaryl/α,β-unsaturated/α-hetero) is 1. The van der Waals surface area contributed by atoms with E-state index in [1.165, 1.54) is 31.2 Å². The third-order valence-electron chi connectivity index (χ3n) is 3.50. The van der Waals surface area contributed by atoms with Crippen LogP contribution in [-0.4, -0.2) is 35.9 Å². The molecular weight excluding hydrogens is 322 g/mol. The first kappa shape index (κ1) is 18.2. The molecule has 6 heteroatoms. The molecule has 130 valence electrons. The van der Waals surface area contributed by atoms with Crippen LogP contribution in [0.5, 0.6) is 5.75 Å². The van der Waals surface area contributed by atoms with Gasteiger partial charge in [0.1, 0.15) is 5.75 Å². The minimum Gasteiger partial charge on any atom is -0.508 e. The van der Waals surface area contributed by atoms with Crippen molar-refractivity contribution in [1.29, 1.82) is 0 Å². The number of carbonyl (C=O) groups excluding carboxylic acids is 3. The molecule has 2 N–H and O–H groups in total. The summed E-state index contributed by atoms with van der Waals surface area (Å²) in [5.41, 5.74) is 1.70. The van der Waals surface area contributed by atoms with Gasteiger partial charge < -0.3 is 15.2 Å². The second-order valence-corrected chi connectivity index (χ2v) is 5.48. The van der Waals surface area contributed by atoms with Crippen molar-refractivity contribution < 1.29 is 24.2 Å². The van der Waals surface area contributed by atoms with E-state index in [0.29, 0.717) is 18.5 Å². The fourth-order valence-electron chi connectivity index (χ4n) is 2.14. The van der Waals surface area contributed by atoms with Gasteiger partial charge in [0.15, 0.2) is 12.4 Å². The standard InChI is InChI=1S/C19H19NO5/c1-13(21)20-11-10-14-2-4-15(5-3-14)18(23)12-25-19(24)16-6-8-17(22)9-7-16/h2-9,22H,10-12H2,1H3,(H,20,21). The Kier molecular flexibility index (Phi) is 6.28. The van der Waals surface area contributed by atoms with Crippen molar-refractivity contribution in [2.24, 2.45) is 0 Å². The highest BCUT2D eigenvalue weighted by molar-refractivity contribution is 5.99. The van der Waals surface area contributed by atoms with E-state index >= 15 is 0 Å². The van der Waals surface area contributed by atoms with E-state index in [1.54, 1.807) is 24.3 Å². The molecule has 1 amide bonds. The molecule has 0 saturated heterocycles. The van der Waals surface area contributed by atoms with Gasteiger partial charge in [-0.1, -0.05) is 24.3 Å². The topological polar surface area (TPSA) is 92.7 Å². The van der Waals surface area contributed by atoms with Crippen LogP contribution in [0.25, 0.3) is 0 Å². The van der Waals surface area contributed by atoms with Crippen molar-refractivity contribution in [3.05, 3.63) is 65.2 Å². The van der Waals surface area contributed by atoms with Crippen molar-refractivity contribution in [1.82, 2.24) is 5.32 Å². The summed E-state index contributed by atoms with van der Waals surface area (Å²) in [7, 11) is 0. The highest BCUT2D eigenvalue weighted by Gasteiger charge is 2.12. The number of rotatable bonds is 7. The van der Waals surface area contributed by atoms with Gasteiger partial charge >= 0.3 is 5.97 Å². The van der Waals surface area contributed by atoms with Crippen molar-refractivity contribution >= 4 is 17.7 Å². The summed E-state index contributed by atoms with van der Waals surface area (Å²) >= 11 is 0. The molecule has 2 aromatic carbocycles. The van der Waals surface area contributed by atoms with E-state index in [0.717, 1.165) is 5.56 Å². The number of phenols is 1. The molecule has 0 aliphatic heterocycles. The molecule has 0 radical (unpaired) electrons. The lowest BCUT2D eigenvalue weighted by molar-refractivity contribution is -0.118. The Labute approximate surface area is 145 Å². The Balaban J connectivity index is 1.85. The maximum atomic E-state index is 12.1. The van der Waals surface area contributed by atoms with E-state index in [4.69, 9.17) is 4.74 Å². The molecule has 25 heavy (non-hydrogen) atoms. The minimum atomic E-state index is -0.625. The van der Waals surface area contributed by atoms with Crippen LogP contribution >= 0.6 is 0 Å². The smallest absolute Gasteiger partial charge is 0.338 e. The summed E-state index contributed by atoms with van der Waals surface area (Å²) in [6, 6.07) is 12.5. The van der Waals surface area contributed by atoms with Crippen LogP contribution in [0.2, 0.25) is 0 Å². The normalized spacial score (nSPS) is 10.1. The van der Waals surface area contributed by atoms with Gasteiger partial charge in [0.25, 0.3) is 0 Å². The van der Waals surface area contributed by atoms with E-state index in [9.17, 15) is 19.5 Å². The SMILES string of the molecule is CC(=O)NCCc1ccc(C(=O)COC(=O)c2ccc(O)cc2)cc1. The molecule has 0 aliphatic carbocycles. The Bertz CT molecular complexity index is 750. The number of nitrogens with one attached hydrogen (secondary N) is 1. The molecule has 0 fully saturated rings. The number of hydrogen-bond donors (Lipinski definition) is 2. The van der Waals surface area contributed by atoms with Gasteiger partial charge in [0.2, 0.25) is 5.91 Å². The lowest BCUT2D eigenvalue weighted by Gasteiger charge is -2.06. The molecular formula is C19H19NO5. The second-order valence-electron chi connectivity index (χ2n) is 5.48. The predicted molar refractivity (Wildman–Crippen MR) is 91.5 cm³/mol. The first-order valence-electron chi connectivity index (χ1n) is 7.78. The number of hydrogen-bond acceptors (Lipinski definition) is 5. The summed E-state index contributed by atoms with van der Waals surface area (Å²) in [4.78, 5) is 34.7. The summed E-state index contributed by atoms with van der Waals surface area (Å²) in [6.45, 7) is 1.64. The van der Waals surface area contributed by atoms with Crippen molar-refractivity contribution in [2.45, 2.75) is 13.3 Å². The zero-order valence-corrected chi connectivity index (χ0v) is 13.8. The molecule has 0 aromatic heterocycles. The molecule has 6 nitrogen and oxygen atoms in total. The Hall–Kier alpha value is -3.15. The van der Waals surface area contributed by atoms with Crippen molar-refractivity contribution in [2.75, 3.05) is 13.2 Å². The largest absolute Gasteiger partial charge is 0.508 e. The second kappa shape index (κ2) is 8.63. The molecule has 0 bridgehead atoms. The van der Waals surface area contributed by atoms with Gasteiger partial charge in [-0.3, -0.25) is 9.59 Å². The van der Waals surface area contributed by atoms with Gasteiger partial charge in [-0.15, -0.1) is 0 Å². The van der Waals surface area contributed by atoms with E-state index in [-0.39, 0.29) is 29.6 Å². The van der Waals surface area contributed by atoms with Crippen LogP contribution in [0.3, 0.4) is 0 Å². The van der Waals surface area contributed by atoms with Crippen molar-refractivity contribution in [3.8, 4) is 5.75 Å². The van der Waals surface area contributed by atoms with Crippen LogP contribution in [-0.2, 0) is 16.0 Å². The van der Waals surface area contributed by atoms with Gasteiger partial charge in [-0.05, 0) is 36.2 Å². The summed E-state index contributed by atoms with van der Waals surface area (Å²) in [5, 5.41) is 11.9. The first-order chi connectivity index (χ1) is 12.0. The van der Waals surface area contributed by atoms with Gasteiger partial charge in [0, 0.05) is 19.0 Å². The van der Waals surface area contributed by atoms with Crippen LogP contribution in [0.1, 0.15) is 33.2 Å². The first-order valence-corrected chi connectivity index (χ1v) is 7.78. The highest BCUT2D eigenvalue weighted by atomic mass is 16.5. The fraction of sp³-hybridized carbons (Fsp3) is 0.211. The molecule has 0 atom stereocenters. The average molecular weight is 341 g/mol. The maximum absolute atomic E-state index is 12.1. The lowest BCUT2D eigenvalue weighted by Crippen LogP contribution is -2.22. The molecule has 0 unspecified atom stereocenters. The number of carbonyl (C=O) groups is 3. The highest BCUT2D eigenvalue weighted by Crippen LogP contribution is 2.11. The van der Waals surface area contributed by atoms with E-state index < -0.39 is 5.97 Å². The van der Waals surface area contributed by atoms with Gasteiger partial charge in [0.05, 0.1) is 5.56 Å². The zero-order chi connectivity index (χ0) is 18.2. The Morgan fingerprint density at radius 3 is 2.16 bits per heavy atom. The van der Waals surface area contributed by atoms with Crippen LogP contribution < -0.4 is 5.32 Å². The molecule has 2 aromatic rings. The maximum Gasteiger partial charge on any atom is 0.338 e. The van der Waals surface area contributed by atoms with E-state index in [2.05, 4.69) is 5.32 Å². The third kappa shape index (κ3) is 5.76.